The van der Waals surface area contributed by atoms with Crippen LogP contribution in [0.3, 0.4) is 0 Å². The van der Waals surface area contributed by atoms with E-state index in [-0.39, 0.29) is 5.83 Å². The van der Waals surface area contributed by atoms with Gasteiger partial charge < -0.3 is 5.32 Å². The van der Waals surface area contributed by atoms with Crippen LogP contribution in [-0.4, -0.2) is 13.6 Å². The molecule has 0 radical (unpaired) electrons. The van der Waals surface area contributed by atoms with Crippen LogP contribution in [0.2, 0.25) is 0 Å². The highest BCUT2D eigenvalue weighted by molar-refractivity contribution is 5.33. The van der Waals surface area contributed by atoms with Crippen LogP contribution in [0.5, 0.6) is 0 Å². The summed E-state index contributed by atoms with van der Waals surface area (Å²) in [4.78, 5) is 0. The summed E-state index contributed by atoms with van der Waals surface area (Å²) < 4.78 is 13.0. The van der Waals surface area contributed by atoms with E-state index in [1.165, 1.54) is 0 Å². The molecular formula is C9H12FN. The first-order valence-electron chi connectivity index (χ1n) is 3.71. The third kappa shape index (κ3) is 2.31. The zero-order valence-corrected chi connectivity index (χ0v) is 6.60. The van der Waals surface area contributed by atoms with E-state index < -0.39 is 0 Å². The number of allylic oxidation sites excluding steroid dienone is 4. The van der Waals surface area contributed by atoms with Crippen molar-refractivity contribution in [1.82, 2.24) is 5.32 Å². The molecule has 0 aromatic rings. The van der Waals surface area contributed by atoms with Crippen LogP contribution in [0.25, 0.3) is 0 Å². The van der Waals surface area contributed by atoms with E-state index in [1.807, 2.05) is 19.2 Å². The molecule has 0 amide bonds. The summed E-state index contributed by atoms with van der Waals surface area (Å²) >= 11 is 0. The lowest BCUT2D eigenvalue weighted by molar-refractivity contribution is 0.635. The maximum absolute atomic E-state index is 13.0. The Morgan fingerprint density at radius 1 is 1.64 bits per heavy atom. The maximum Gasteiger partial charge on any atom is 0.124 e. The minimum absolute atomic E-state index is 0.107. The largest absolute Gasteiger partial charge is 0.316 e. The second-order valence-electron chi connectivity index (χ2n) is 2.44. The monoisotopic (exact) mass is 153 g/mol. The molecule has 1 rings (SSSR count). The van der Waals surface area contributed by atoms with E-state index in [4.69, 9.17) is 0 Å². The van der Waals surface area contributed by atoms with Gasteiger partial charge in [-0.15, -0.1) is 0 Å². The standard InChI is InChI=1S/C9H12FN/c1-11-7-8-5-3-2-4-6-9(8)10/h2-3,5-6,11H,4,7H2,1H3. The van der Waals surface area contributed by atoms with Gasteiger partial charge in [-0.3, -0.25) is 0 Å². The third-order valence-electron chi connectivity index (χ3n) is 1.54. The molecule has 0 aliphatic heterocycles. The van der Waals surface area contributed by atoms with Crippen LogP contribution in [0, 0.1) is 0 Å². The Kier molecular flexibility index (Phi) is 3.05. The highest BCUT2D eigenvalue weighted by Crippen LogP contribution is 2.14. The lowest BCUT2D eigenvalue weighted by Gasteiger charge is -2.00. The Morgan fingerprint density at radius 3 is 3.18 bits per heavy atom. The number of likely N-dealkylation sites (N-methyl/N-ethyl adjacent to an activating group) is 1. The first-order chi connectivity index (χ1) is 5.34. The zero-order valence-electron chi connectivity index (χ0n) is 6.60. The lowest BCUT2D eigenvalue weighted by atomic mass is 10.2. The average molecular weight is 153 g/mol. The molecule has 0 saturated carbocycles. The molecule has 0 aromatic carbocycles. The van der Waals surface area contributed by atoms with Gasteiger partial charge in [-0.05, 0) is 19.5 Å². The average Bonchev–Trinajstić information content (AvgIpc) is 2.18. The van der Waals surface area contributed by atoms with Crippen LogP contribution in [0.4, 0.5) is 4.39 Å². The number of hydrogen-bond donors (Lipinski definition) is 1. The van der Waals surface area contributed by atoms with E-state index in [0.717, 1.165) is 5.57 Å². The maximum atomic E-state index is 13.0. The molecule has 0 heterocycles. The molecule has 0 saturated heterocycles. The Bertz CT molecular complexity index is 214. The predicted molar refractivity (Wildman–Crippen MR) is 45.0 cm³/mol. The fourth-order valence-electron chi connectivity index (χ4n) is 0.979. The predicted octanol–water partition coefficient (Wildman–Crippen LogP) is 1.95. The minimum Gasteiger partial charge on any atom is -0.316 e. The SMILES string of the molecule is CNCC1=CC=CCC=C1F. The molecule has 0 spiro atoms. The van der Waals surface area contributed by atoms with Gasteiger partial charge in [0.25, 0.3) is 0 Å². The van der Waals surface area contributed by atoms with E-state index >= 15 is 0 Å². The van der Waals surface area contributed by atoms with E-state index in [9.17, 15) is 4.39 Å². The second kappa shape index (κ2) is 4.09. The van der Waals surface area contributed by atoms with Crippen molar-refractivity contribution in [3.63, 3.8) is 0 Å². The quantitative estimate of drug-likeness (QED) is 0.639. The molecule has 2 heteroatoms. The van der Waals surface area contributed by atoms with Crippen molar-refractivity contribution in [3.05, 3.63) is 35.7 Å². The highest BCUT2D eigenvalue weighted by Gasteiger charge is 2.02. The van der Waals surface area contributed by atoms with Gasteiger partial charge in [0.2, 0.25) is 0 Å². The topological polar surface area (TPSA) is 12.0 Å². The van der Waals surface area contributed by atoms with E-state index in [1.54, 1.807) is 12.2 Å². The van der Waals surface area contributed by atoms with Gasteiger partial charge in [-0.25, -0.2) is 4.39 Å². The lowest BCUT2D eigenvalue weighted by Crippen LogP contribution is -2.10. The molecule has 60 valence electrons. The molecule has 1 N–H and O–H groups in total. The highest BCUT2D eigenvalue weighted by atomic mass is 19.1. The summed E-state index contributed by atoms with van der Waals surface area (Å²) in [6, 6.07) is 0. The van der Waals surface area contributed by atoms with Crippen LogP contribution < -0.4 is 5.32 Å². The molecule has 0 unspecified atom stereocenters. The van der Waals surface area contributed by atoms with Gasteiger partial charge in [-0.1, -0.05) is 18.2 Å². The Labute approximate surface area is 66.3 Å². The summed E-state index contributed by atoms with van der Waals surface area (Å²) in [5, 5.41) is 2.91. The number of nitrogens with one attached hydrogen (secondary N) is 1. The van der Waals surface area contributed by atoms with Crippen LogP contribution in [-0.2, 0) is 0 Å². The van der Waals surface area contributed by atoms with Gasteiger partial charge in [0.05, 0.1) is 0 Å². The summed E-state index contributed by atoms with van der Waals surface area (Å²) in [6.45, 7) is 0.590. The fourth-order valence-corrected chi connectivity index (χ4v) is 0.979. The fraction of sp³-hybridized carbons (Fsp3) is 0.333. The van der Waals surface area contributed by atoms with Crippen LogP contribution in [0.15, 0.2) is 35.7 Å². The normalized spacial score (nSPS) is 17.3. The van der Waals surface area contributed by atoms with Gasteiger partial charge in [0, 0.05) is 12.1 Å². The summed E-state index contributed by atoms with van der Waals surface area (Å²) in [6.07, 6.45) is 7.90. The Hall–Kier alpha value is -0.890. The molecule has 0 aromatic heterocycles. The molecule has 0 fully saturated rings. The van der Waals surface area contributed by atoms with Crippen molar-refractivity contribution < 1.29 is 4.39 Å². The molecule has 11 heavy (non-hydrogen) atoms. The van der Waals surface area contributed by atoms with Crippen molar-refractivity contribution in [2.45, 2.75) is 6.42 Å². The van der Waals surface area contributed by atoms with E-state index in [0.29, 0.717) is 13.0 Å². The number of hydrogen-bond acceptors (Lipinski definition) is 1. The van der Waals surface area contributed by atoms with Gasteiger partial charge in [-0.2, -0.15) is 0 Å². The smallest absolute Gasteiger partial charge is 0.124 e. The minimum atomic E-state index is -0.107. The first-order valence-corrected chi connectivity index (χ1v) is 3.71. The Balaban J connectivity index is 2.71. The van der Waals surface area contributed by atoms with Crippen LogP contribution in [0.1, 0.15) is 6.42 Å². The van der Waals surface area contributed by atoms with Crippen molar-refractivity contribution in [3.8, 4) is 0 Å². The summed E-state index contributed by atoms with van der Waals surface area (Å²) in [5.41, 5.74) is 0.723. The molecular weight excluding hydrogens is 141 g/mol. The summed E-state index contributed by atoms with van der Waals surface area (Å²) in [7, 11) is 1.81. The molecule has 0 atom stereocenters. The van der Waals surface area contributed by atoms with Crippen molar-refractivity contribution in [2.24, 2.45) is 0 Å². The summed E-state index contributed by atoms with van der Waals surface area (Å²) in [5.74, 6) is -0.107. The first kappa shape index (κ1) is 8.21. The molecule has 1 aliphatic carbocycles. The van der Waals surface area contributed by atoms with Crippen LogP contribution >= 0.6 is 0 Å². The van der Waals surface area contributed by atoms with Crippen molar-refractivity contribution in [2.75, 3.05) is 13.6 Å². The van der Waals surface area contributed by atoms with E-state index in [2.05, 4.69) is 5.32 Å². The van der Waals surface area contributed by atoms with Crippen molar-refractivity contribution in [1.29, 1.82) is 0 Å². The van der Waals surface area contributed by atoms with Gasteiger partial charge in [0.1, 0.15) is 5.83 Å². The second-order valence-corrected chi connectivity index (χ2v) is 2.44. The molecule has 1 nitrogen and oxygen atoms in total. The number of halogens is 1. The number of rotatable bonds is 2. The van der Waals surface area contributed by atoms with Gasteiger partial charge >= 0.3 is 0 Å². The van der Waals surface area contributed by atoms with Gasteiger partial charge in [0.15, 0.2) is 0 Å². The molecule has 0 bridgehead atoms. The zero-order chi connectivity index (χ0) is 8.10. The molecule has 1 aliphatic rings. The van der Waals surface area contributed by atoms with Crippen molar-refractivity contribution >= 4 is 0 Å². The Morgan fingerprint density at radius 2 is 2.45 bits per heavy atom. The third-order valence-corrected chi connectivity index (χ3v) is 1.54.